The number of aromatic nitrogens is 3. The Morgan fingerprint density at radius 1 is 1.33 bits per heavy atom. The van der Waals surface area contributed by atoms with Crippen LogP contribution in [0.3, 0.4) is 0 Å². The maximum absolute atomic E-state index is 12.2. The molecule has 0 bridgehead atoms. The molecule has 7 heteroatoms. The van der Waals surface area contributed by atoms with Gasteiger partial charge in [0, 0.05) is 50.0 Å². The standard InChI is InChI=1S/C17H23N5OS/c1-21-10-7-18-16(17(21)23)22-8-5-12(6-9-22)19-11-15-20-13-3-2-4-14(13)24-15/h7,10,12,19H,2-6,8-9,11H2,1H3. The summed E-state index contributed by atoms with van der Waals surface area (Å²) < 4.78 is 1.59. The largest absolute Gasteiger partial charge is 0.352 e. The first-order valence-corrected chi connectivity index (χ1v) is 9.50. The van der Waals surface area contributed by atoms with Crippen LogP contribution in [0.1, 0.15) is 34.8 Å². The molecule has 2 aromatic heterocycles. The number of piperidine rings is 1. The molecule has 0 aromatic carbocycles. The molecular formula is C17H23N5OS. The predicted molar refractivity (Wildman–Crippen MR) is 95.7 cm³/mol. The summed E-state index contributed by atoms with van der Waals surface area (Å²) in [4.78, 5) is 24.8. The number of anilines is 1. The average molecular weight is 345 g/mol. The number of hydrogen-bond donors (Lipinski definition) is 1. The van der Waals surface area contributed by atoms with E-state index in [2.05, 4.69) is 15.2 Å². The minimum atomic E-state index is -0.0128. The molecule has 0 amide bonds. The van der Waals surface area contributed by atoms with Gasteiger partial charge in [0.2, 0.25) is 0 Å². The second-order valence-electron chi connectivity index (χ2n) is 6.64. The van der Waals surface area contributed by atoms with E-state index in [1.165, 1.54) is 28.4 Å². The molecule has 1 N–H and O–H groups in total. The zero-order chi connectivity index (χ0) is 16.5. The third-order valence-electron chi connectivity index (χ3n) is 4.98. The number of fused-ring (bicyclic) bond motifs is 1. The normalized spacial score (nSPS) is 18.1. The van der Waals surface area contributed by atoms with Crippen molar-refractivity contribution in [1.29, 1.82) is 0 Å². The summed E-state index contributed by atoms with van der Waals surface area (Å²) in [6, 6.07) is 0.493. The zero-order valence-corrected chi connectivity index (χ0v) is 14.8. The molecule has 128 valence electrons. The van der Waals surface area contributed by atoms with Crippen molar-refractivity contribution >= 4 is 17.2 Å². The summed E-state index contributed by atoms with van der Waals surface area (Å²) in [5, 5.41) is 4.87. The smallest absolute Gasteiger partial charge is 0.293 e. The number of thiazole rings is 1. The van der Waals surface area contributed by atoms with Crippen LogP contribution in [0.25, 0.3) is 0 Å². The van der Waals surface area contributed by atoms with Crippen LogP contribution >= 0.6 is 11.3 Å². The highest BCUT2D eigenvalue weighted by atomic mass is 32.1. The van der Waals surface area contributed by atoms with E-state index in [0.717, 1.165) is 38.9 Å². The highest BCUT2D eigenvalue weighted by Crippen LogP contribution is 2.27. The van der Waals surface area contributed by atoms with Gasteiger partial charge < -0.3 is 14.8 Å². The summed E-state index contributed by atoms with van der Waals surface area (Å²) in [5.41, 5.74) is 1.32. The van der Waals surface area contributed by atoms with Gasteiger partial charge in [-0.25, -0.2) is 9.97 Å². The molecule has 0 atom stereocenters. The Hall–Kier alpha value is -1.73. The molecule has 24 heavy (non-hydrogen) atoms. The van der Waals surface area contributed by atoms with E-state index in [1.54, 1.807) is 24.0 Å². The highest BCUT2D eigenvalue weighted by molar-refractivity contribution is 7.11. The average Bonchev–Trinajstić information content (AvgIpc) is 3.18. The third kappa shape index (κ3) is 3.10. The fourth-order valence-electron chi connectivity index (χ4n) is 3.55. The van der Waals surface area contributed by atoms with Gasteiger partial charge in [0.1, 0.15) is 5.01 Å². The molecule has 1 aliphatic carbocycles. The molecule has 2 aromatic rings. The molecule has 3 heterocycles. The van der Waals surface area contributed by atoms with Crippen molar-refractivity contribution in [2.45, 2.75) is 44.7 Å². The van der Waals surface area contributed by atoms with Crippen molar-refractivity contribution in [3.63, 3.8) is 0 Å². The molecule has 1 fully saturated rings. The number of rotatable bonds is 4. The van der Waals surface area contributed by atoms with Crippen LogP contribution in [0.2, 0.25) is 0 Å². The molecule has 1 saturated heterocycles. The molecule has 0 radical (unpaired) electrons. The van der Waals surface area contributed by atoms with Gasteiger partial charge in [-0.15, -0.1) is 11.3 Å². The second-order valence-corrected chi connectivity index (χ2v) is 7.81. The van der Waals surface area contributed by atoms with Crippen molar-refractivity contribution in [1.82, 2.24) is 19.9 Å². The summed E-state index contributed by atoms with van der Waals surface area (Å²) >= 11 is 1.87. The summed E-state index contributed by atoms with van der Waals surface area (Å²) in [7, 11) is 1.77. The summed E-state index contributed by atoms with van der Waals surface area (Å²) in [5.74, 6) is 0.579. The van der Waals surface area contributed by atoms with Crippen LogP contribution in [0.5, 0.6) is 0 Å². The highest BCUT2D eigenvalue weighted by Gasteiger charge is 2.23. The van der Waals surface area contributed by atoms with Gasteiger partial charge in [0.05, 0.1) is 5.69 Å². The Balaban J connectivity index is 1.31. The lowest BCUT2D eigenvalue weighted by atomic mass is 10.1. The topological polar surface area (TPSA) is 63.1 Å². The van der Waals surface area contributed by atoms with Crippen LogP contribution in [-0.2, 0) is 26.4 Å². The lowest BCUT2D eigenvalue weighted by Crippen LogP contribution is -2.44. The van der Waals surface area contributed by atoms with E-state index < -0.39 is 0 Å². The Morgan fingerprint density at radius 2 is 2.17 bits per heavy atom. The molecule has 0 saturated carbocycles. The van der Waals surface area contributed by atoms with Crippen LogP contribution in [0, 0.1) is 0 Å². The summed E-state index contributed by atoms with van der Waals surface area (Å²) in [6.07, 6.45) is 9.10. The van der Waals surface area contributed by atoms with E-state index in [-0.39, 0.29) is 5.56 Å². The van der Waals surface area contributed by atoms with Crippen LogP contribution in [0.4, 0.5) is 5.82 Å². The quantitative estimate of drug-likeness (QED) is 0.909. The molecular weight excluding hydrogens is 322 g/mol. The van der Waals surface area contributed by atoms with Gasteiger partial charge in [-0.3, -0.25) is 4.79 Å². The molecule has 0 unspecified atom stereocenters. The maximum atomic E-state index is 12.2. The van der Waals surface area contributed by atoms with E-state index in [4.69, 9.17) is 4.98 Å². The Labute approximate surface area is 145 Å². The second kappa shape index (κ2) is 6.64. The molecule has 4 rings (SSSR count). The monoisotopic (exact) mass is 345 g/mol. The maximum Gasteiger partial charge on any atom is 0.293 e. The van der Waals surface area contributed by atoms with Crippen LogP contribution < -0.4 is 15.8 Å². The lowest BCUT2D eigenvalue weighted by molar-refractivity contribution is 0.411. The Kier molecular flexibility index (Phi) is 4.37. The number of nitrogens with zero attached hydrogens (tertiary/aromatic N) is 4. The summed E-state index contributed by atoms with van der Waals surface area (Å²) in [6.45, 7) is 2.62. The minimum Gasteiger partial charge on any atom is -0.352 e. The van der Waals surface area contributed by atoms with E-state index in [1.807, 2.05) is 11.3 Å². The van der Waals surface area contributed by atoms with Gasteiger partial charge >= 0.3 is 0 Å². The van der Waals surface area contributed by atoms with E-state index in [9.17, 15) is 4.79 Å². The van der Waals surface area contributed by atoms with E-state index in [0.29, 0.717) is 11.9 Å². The van der Waals surface area contributed by atoms with Gasteiger partial charge in [-0.1, -0.05) is 0 Å². The fourth-order valence-corrected chi connectivity index (χ4v) is 4.66. The fraction of sp³-hybridized carbons (Fsp3) is 0.588. The zero-order valence-electron chi connectivity index (χ0n) is 14.0. The number of nitrogens with one attached hydrogen (secondary N) is 1. The SMILES string of the molecule is Cn1ccnc(N2CCC(NCc3nc4c(s3)CCC4)CC2)c1=O. The van der Waals surface area contributed by atoms with Crippen molar-refractivity contribution in [2.75, 3.05) is 18.0 Å². The van der Waals surface area contributed by atoms with Gasteiger partial charge in [0.15, 0.2) is 5.82 Å². The van der Waals surface area contributed by atoms with E-state index >= 15 is 0 Å². The van der Waals surface area contributed by atoms with Crippen molar-refractivity contribution in [2.24, 2.45) is 7.05 Å². The minimum absolute atomic E-state index is 0.0128. The Morgan fingerprint density at radius 3 is 2.96 bits per heavy atom. The lowest BCUT2D eigenvalue weighted by Gasteiger charge is -2.32. The molecule has 0 spiro atoms. The number of hydrogen-bond acceptors (Lipinski definition) is 6. The first-order valence-electron chi connectivity index (χ1n) is 8.68. The van der Waals surface area contributed by atoms with Gasteiger partial charge in [-0.2, -0.15) is 0 Å². The van der Waals surface area contributed by atoms with Crippen molar-refractivity contribution in [3.8, 4) is 0 Å². The molecule has 2 aliphatic rings. The van der Waals surface area contributed by atoms with Crippen LogP contribution in [-0.4, -0.2) is 33.7 Å². The third-order valence-corrected chi connectivity index (χ3v) is 6.13. The van der Waals surface area contributed by atoms with Crippen molar-refractivity contribution < 1.29 is 0 Å². The van der Waals surface area contributed by atoms with Crippen molar-refractivity contribution in [3.05, 3.63) is 38.3 Å². The predicted octanol–water partition coefficient (Wildman–Crippen LogP) is 1.48. The van der Waals surface area contributed by atoms with Gasteiger partial charge in [0.25, 0.3) is 5.56 Å². The Bertz CT molecular complexity index is 754. The molecule has 1 aliphatic heterocycles. The first-order chi connectivity index (χ1) is 11.7. The molecule has 6 nitrogen and oxygen atoms in total. The number of aryl methyl sites for hydroxylation is 3. The van der Waals surface area contributed by atoms with Crippen LogP contribution in [0.15, 0.2) is 17.2 Å². The van der Waals surface area contributed by atoms with Gasteiger partial charge in [-0.05, 0) is 32.1 Å². The first kappa shape index (κ1) is 15.8.